The Labute approximate surface area is 113 Å². The van der Waals surface area contributed by atoms with Gasteiger partial charge in [-0.1, -0.05) is 6.92 Å². The summed E-state index contributed by atoms with van der Waals surface area (Å²) in [4.78, 5) is 25.4. The lowest BCUT2D eigenvalue weighted by molar-refractivity contribution is -0.143. The molecule has 0 fully saturated rings. The van der Waals surface area contributed by atoms with Crippen LogP contribution in [0, 0.1) is 6.92 Å². The number of hydrogen-bond donors (Lipinski definition) is 0. The van der Waals surface area contributed by atoms with E-state index in [1.807, 2.05) is 13.8 Å². The fourth-order valence-electron chi connectivity index (χ4n) is 1.76. The van der Waals surface area contributed by atoms with Gasteiger partial charge < -0.3 is 9.64 Å². The number of carbonyl (C=O) groups is 2. The van der Waals surface area contributed by atoms with E-state index >= 15 is 0 Å². The Bertz CT molecular complexity index is 454. The van der Waals surface area contributed by atoms with Gasteiger partial charge in [-0.2, -0.15) is 5.10 Å². The first-order valence-electron chi connectivity index (χ1n) is 6.44. The van der Waals surface area contributed by atoms with E-state index in [4.69, 9.17) is 4.74 Å². The van der Waals surface area contributed by atoms with Gasteiger partial charge in [0.25, 0.3) is 5.91 Å². The van der Waals surface area contributed by atoms with Crippen LogP contribution < -0.4 is 0 Å². The van der Waals surface area contributed by atoms with Crippen molar-refractivity contribution in [1.82, 2.24) is 14.7 Å². The lowest BCUT2D eigenvalue weighted by Crippen LogP contribution is -2.37. The minimum Gasteiger partial charge on any atom is -0.465 e. The normalized spacial score (nSPS) is 10.3. The van der Waals surface area contributed by atoms with E-state index in [0.717, 1.165) is 12.1 Å². The van der Waals surface area contributed by atoms with Crippen LogP contribution in [0.5, 0.6) is 0 Å². The fraction of sp³-hybridized carbons (Fsp3) is 0.615. The number of aryl methyl sites for hydroxylation is 1. The summed E-state index contributed by atoms with van der Waals surface area (Å²) < 4.78 is 6.53. The summed E-state index contributed by atoms with van der Waals surface area (Å²) in [7, 11) is 1.78. The quantitative estimate of drug-likeness (QED) is 0.725. The Kier molecular flexibility index (Phi) is 5.54. The SMILES string of the molecule is CCCN(CC(=O)OCC)C(=O)c1cnn(C)c1C. The third-order valence-corrected chi connectivity index (χ3v) is 2.87. The molecule has 0 saturated carbocycles. The second-order valence-electron chi connectivity index (χ2n) is 4.30. The maximum atomic E-state index is 12.4. The Morgan fingerprint density at radius 1 is 1.42 bits per heavy atom. The van der Waals surface area contributed by atoms with Gasteiger partial charge >= 0.3 is 5.97 Å². The number of rotatable bonds is 6. The van der Waals surface area contributed by atoms with Crippen molar-refractivity contribution < 1.29 is 14.3 Å². The van der Waals surface area contributed by atoms with Gasteiger partial charge in [0, 0.05) is 19.3 Å². The van der Waals surface area contributed by atoms with Gasteiger partial charge in [0.15, 0.2) is 0 Å². The third-order valence-electron chi connectivity index (χ3n) is 2.87. The summed E-state index contributed by atoms with van der Waals surface area (Å²) in [5.41, 5.74) is 1.32. The molecule has 0 atom stereocenters. The Morgan fingerprint density at radius 3 is 2.58 bits per heavy atom. The molecule has 0 aromatic carbocycles. The van der Waals surface area contributed by atoms with Crippen molar-refractivity contribution in [2.45, 2.75) is 27.2 Å². The highest BCUT2D eigenvalue weighted by atomic mass is 16.5. The molecule has 0 aliphatic carbocycles. The second kappa shape index (κ2) is 6.92. The van der Waals surface area contributed by atoms with Crippen LogP contribution in [-0.2, 0) is 16.6 Å². The second-order valence-corrected chi connectivity index (χ2v) is 4.30. The molecule has 6 nitrogen and oxygen atoms in total. The van der Waals surface area contributed by atoms with Crippen LogP contribution in [0.1, 0.15) is 36.3 Å². The average Bonchev–Trinajstić information content (AvgIpc) is 2.69. The number of esters is 1. The summed E-state index contributed by atoms with van der Waals surface area (Å²) in [6, 6.07) is 0. The maximum absolute atomic E-state index is 12.4. The standard InChI is InChI=1S/C13H21N3O3/c1-5-7-16(9-12(17)19-6-2)13(18)11-8-14-15(4)10(11)3/h8H,5-7,9H2,1-4H3. The van der Waals surface area contributed by atoms with Crippen molar-refractivity contribution in [2.75, 3.05) is 19.7 Å². The number of aromatic nitrogens is 2. The highest BCUT2D eigenvalue weighted by Crippen LogP contribution is 2.10. The lowest BCUT2D eigenvalue weighted by atomic mass is 10.2. The smallest absolute Gasteiger partial charge is 0.325 e. The minimum absolute atomic E-state index is 0.0190. The number of hydrogen-bond acceptors (Lipinski definition) is 4. The van der Waals surface area contributed by atoms with E-state index in [-0.39, 0.29) is 18.4 Å². The molecule has 1 aromatic rings. The largest absolute Gasteiger partial charge is 0.465 e. The van der Waals surface area contributed by atoms with Crippen LogP contribution in [0.3, 0.4) is 0 Å². The molecule has 0 aliphatic rings. The first kappa shape index (κ1) is 15.2. The van der Waals surface area contributed by atoms with Gasteiger partial charge in [-0.3, -0.25) is 14.3 Å². The monoisotopic (exact) mass is 267 g/mol. The van der Waals surface area contributed by atoms with Crippen LogP contribution in [-0.4, -0.2) is 46.3 Å². The molecule has 0 spiro atoms. The van der Waals surface area contributed by atoms with E-state index in [2.05, 4.69) is 5.10 Å². The van der Waals surface area contributed by atoms with Crippen LogP contribution in [0.15, 0.2) is 6.20 Å². The number of carbonyl (C=O) groups excluding carboxylic acids is 2. The maximum Gasteiger partial charge on any atom is 0.325 e. The van der Waals surface area contributed by atoms with Gasteiger partial charge in [-0.15, -0.1) is 0 Å². The average molecular weight is 267 g/mol. The van der Waals surface area contributed by atoms with Crippen LogP contribution in [0.2, 0.25) is 0 Å². The molecular formula is C13H21N3O3. The van der Waals surface area contributed by atoms with Gasteiger partial charge in [-0.05, 0) is 20.3 Å². The minimum atomic E-state index is -0.383. The Morgan fingerprint density at radius 2 is 2.11 bits per heavy atom. The van der Waals surface area contributed by atoms with Gasteiger partial charge in [0.1, 0.15) is 6.54 Å². The van der Waals surface area contributed by atoms with Crippen molar-refractivity contribution in [3.05, 3.63) is 17.5 Å². The summed E-state index contributed by atoms with van der Waals surface area (Å²) in [5, 5.41) is 4.05. The number of amides is 1. The molecule has 1 heterocycles. The molecule has 0 unspecified atom stereocenters. The van der Waals surface area contributed by atoms with Crippen molar-refractivity contribution in [1.29, 1.82) is 0 Å². The predicted molar refractivity (Wildman–Crippen MR) is 70.8 cm³/mol. The molecule has 0 bridgehead atoms. The summed E-state index contributed by atoms with van der Waals surface area (Å²) in [5.74, 6) is -0.564. The third kappa shape index (κ3) is 3.81. The predicted octanol–water partition coefficient (Wildman–Crippen LogP) is 1.14. The number of nitrogens with zero attached hydrogens (tertiary/aromatic N) is 3. The van der Waals surface area contributed by atoms with Gasteiger partial charge in [0.05, 0.1) is 18.4 Å². The molecule has 6 heteroatoms. The van der Waals surface area contributed by atoms with Crippen molar-refractivity contribution in [3.8, 4) is 0 Å². The Balaban J connectivity index is 2.83. The molecule has 1 aromatic heterocycles. The molecule has 0 N–H and O–H groups in total. The van der Waals surface area contributed by atoms with Crippen LogP contribution in [0.4, 0.5) is 0 Å². The number of ether oxygens (including phenoxy) is 1. The first-order chi connectivity index (χ1) is 9.01. The zero-order valence-corrected chi connectivity index (χ0v) is 12.0. The van der Waals surface area contributed by atoms with Crippen molar-refractivity contribution in [3.63, 3.8) is 0 Å². The highest BCUT2D eigenvalue weighted by molar-refractivity contribution is 5.96. The highest BCUT2D eigenvalue weighted by Gasteiger charge is 2.22. The first-order valence-corrected chi connectivity index (χ1v) is 6.44. The van der Waals surface area contributed by atoms with Crippen LogP contribution in [0.25, 0.3) is 0 Å². The molecule has 0 aliphatic heterocycles. The molecule has 106 valence electrons. The van der Waals surface area contributed by atoms with Crippen molar-refractivity contribution >= 4 is 11.9 Å². The van der Waals surface area contributed by atoms with Gasteiger partial charge in [-0.25, -0.2) is 0 Å². The van der Waals surface area contributed by atoms with Crippen LogP contribution >= 0.6 is 0 Å². The summed E-state index contributed by atoms with van der Waals surface area (Å²) in [6.45, 7) is 6.35. The van der Waals surface area contributed by atoms with Gasteiger partial charge in [0.2, 0.25) is 0 Å². The molecule has 1 rings (SSSR count). The van der Waals surface area contributed by atoms with E-state index < -0.39 is 0 Å². The molecule has 19 heavy (non-hydrogen) atoms. The lowest BCUT2D eigenvalue weighted by Gasteiger charge is -2.20. The fourth-order valence-corrected chi connectivity index (χ4v) is 1.76. The summed E-state index contributed by atoms with van der Waals surface area (Å²) >= 11 is 0. The molecule has 1 amide bonds. The topological polar surface area (TPSA) is 64.4 Å². The summed E-state index contributed by atoms with van der Waals surface area (Å²) in [6.07, 6.45) is 2.32. The Hall–Kier alpha value is -1.85. The van der Waals surface area contributed by atoms with Crippen molar-refractivity contribution in [2.24, 2.45) is 7.05 Å². The molecular weight excluding hydrogens is 246 g/mol. The van der Waals surface area contributed by atoms with E-state index in [9.17, 15) is 9.59 Å². The van der Waals surface area contributed by atoms with E-state index in [1.165, 1.54) is 11.1 Å². The van der Waals surface area contributed by atoms with E-state index in [0.29, 0.717) is 18.7 Å². The molecule has 0 radical (unpaired) electrons. The van der Waals surface area contributed by atoms with E-state index in [1.54, 1.807) is 18.7 Å². The molecule has 0 saturated heterocycles. The zero-order chi connectivity index (χ0) is 14.4. The zero-order valence-electron chi connectivity index (χ0n) is 12.0.